The Morgan fingerprint density at radius 3 is 1.11 bits per heavy atom. The predicted octanol–water partition coefficient (Wildman–Crippen LogP) is 11.7. The quantitative estimate of drug-likeness (QED) is 0.131. The van der Waals surface area contributed by atoms with Crippen LogP contribution in [0, 0.1) is 0 Å². The second-order valence-corrected chi connectivity index (χ2v) is 17.7. The van der Waals surface area contributed by atoms with Crippen molar-refractivity contribution in [3.8, 4) is 23.0 Å². The van der Waals surface area contributed by atoms with Crippen molar-refractivity contribution in [2.24, 2.45) is 0 Å². The van der Waals surface area contributed by atoms with E-state index >= 15 is 0 Å². The molecule has 47 heavy (non-hydrogen) atoms. The minimum absolute atomic E-state index is 0.0435. The van der Waals surface area contributed by atoms with E-state index in [0.29, 0.717) is 23.0 Å². The molecule has 0 bridgehead atoms. The number of aliphatic hydroxyl groups is 2. The Bertz CT molecular complexity index is 1550. The van der Waals surface area contributed by atoms with E-state index in [0.717, 1.165) is 46.9 Å². The van der Waals surface area contributed by atoms with Crippen molar-refractivity contribution in [3.63, 3.8) is 0 Å². The lowest BCUT2D eigenvalue weighted by Crippen LogP contribution is -2.25. The van der Waals surface area contributed by atoms with Gasteiger partial charge in [-0.1, -0.05) is 13.8 Å². The molecule has 0 radical (unpaired) electrons. The topological polar surface area (TPSA) is 77.4 Å². The van der Waals surface area contributed by atoms with Gasteiger partial charge in [-0.2, -0.15) is 0 Å². The highest BCUT2D eigenvalue weighted by atomic mass is 79.9. The van der Waals surface area contributed by atoms with Gasteiger partial charge >= 0.3 is 0 Å². The maximum absolute atomic E-state index is 10.5. The zero-order chi connectivity index (χ0) is 34.5. The molecule has 4 aromatic rings. The molecule has 4 rings (SSSR count). The summed E-state index contributed by atoms with van der Waals surface area (Å²) in [5.74, 6) is 2.44. The van der Waals surface area contributed by atoms with Crippen LogP contribution in [0.1, 0.15) is 25.0 Å². The van der Waals surface area contributed by atoms with Crippen molar-refractivity contribution >= 4 is 127 Å². The number of hydrogen-bond acceptors (Lipinski definition) is 6. The monoisotopic (exact) mass is 1150 g/mol. The van der Waals surface area contributed by atoms with Crippen LogP contribution in [0.5, 0.6) is 23.0 Å². The summed E-state index contributed by atoms with van der Waals surface area (Å²) in [7, 11) is 0. The number of ether oxygens (including phenoxy) is 4. The predicted molar refractivity (Wildman–Crippen MR) is 213 cm³/mol. The van der Waals surface area contributed by atoms with Gasteiger partial charge in [0.15, 0.2) is 0 Å². The summed E-state index contributed by atoms with van der Waals surface area (Å²) in [6.07, 6.45) is -1.68. The third-order valence-electron chi connectivity index (χ3n) is 6.95. The summed E-state index contributed by atoms with van der Waals surface area (Å²) in [5, 5.41) is 21.0. The van der Waals surface area contributed by atoms with Gasteiger partial charge in [0, 0.05) is 23.3 Å². The number of aliphatic hydroxyl groups excluding tert-OH is 2. The first-order valence-corrected chi connectivity index (χ1v) is 20.3. The molecule has 14 heteroatoms. The van der Waals surface area contributed by atoms with Crippen LogP contribution in [0.4, 0.5) is 0 Å². The molecule has 2 N–H and O–H groups in total. The Morgan fingerprint density at radius 1 is 0.468 bits per heavy atom. The third-order valence-corrected chi connectivity index (χ3v) is 13.1. The van der Waals surface area contributed by atoms with Crippen LogP contribution in [0.15, 0.2) is 96.4 Å². The molecule has 2 atom stereocenters. The molecular formula is C33H28Br8O6. The van der Waals surface area contributed by atoms with Crippen molar-refractivity contribution in [2.75, 3.05) is 26.4 Å². The van der Waals surface area contributed by atoms with Crippen LogP contribution in [0.2, 0.25) is 0 Å². The molecule has 0 aromatic heterocycles. The van der Waals surface area contributed by atoms with E-state index in [4.69, 9.17) is 18.9 Å². The Morgan fingerprint density at radius 2 is 0.787 bits per heavy atom. The van der Waals surface area contributed by atoms with E-state index in [2.05, 4.69) is 141 Å². The van der Waals surface area contributed by atoms with Crippen LogP contribution in [-0.4, -0.2) is 48.8 Å². The van der Waals surface area contributed by atoms with Crippen LogP contribution in [-0.2, 0) is 5.41 Å². The largest absolute Gasteiger partial charge is 0.491 e. The van der Waals surface area contributed by atoms with Gasteiger partial charge < -0.3 is 29.2 Å². The first-order chi connectivity index (χ1) is 22.1. The van der Waals surface area contributed by atoms with Gasteiger partial charge in [0.2, 0.25) is 0 Å². The molecule has 2 unspecified atom stereocenters. The fraction of sp³-hybridized carbons (Fsp3) is 0.273. The average molecular weight is 1160 g/mol. The first-order valence-electron chi connectivity index (χ1n) is 13.9. The number of rotatable bonds is 14. The standard InChI is InChI=1S/C33H28Br8O6/c1-33(2,17-7-27(38)31(28(39)8-17)46-15-19(42)13-44-21-3-5-23(34)25(36)11-21)18-9-29(40)32(30(41)10-18)47-16-20(43)14-45-22-4-6-24(35)26(37)12-22/h3-12,19-20,42-43H,13-16H2,1-2H3. The summed E-state index contributed by atoms with van der Waals surface area (Å²) in [5.41, 5.74) is 1.62. The SMILES string of the molecule is CC(C)(c1cc(Br)c(OCC(O)COc2ccc(Br)c(Br)c2)c(Br)c1)c1cc(Br)c(OCC(O)COc2ccc(Br)c(Br)c2)c(Br)c1. The van der Waals surface area contributed by atoms with E-state index in [1.807, 2.05) is 60.7 Å². The van der Waals surface area contributed by atoms with Gasteiger partial charge in [0.05, 0.1) is 17.9 Å². The first kappa shape index (κ1) is 39.6. The van der Waals surface area contributed by atoms with Gasteiger partial charge in [0.25, 0.3) is 0 Å². The van der Waals surface area contributed by atoms with E-state index < -0.39 is 17.6 Å². The second kappa shape index (κ2) is 17.9. The average Bonchev–Trinajstić information content (AvgIpc) is 3.01. The lowest BCUT2D eigenvalue weighted by Gasteiger charge is -2.28. The third kappa shape index (κ3) is 10.9. The fourth-order valence-corrected chi connectivity index (χ4v) is 8.30. The van der Waals surface area contributed by atoms with Crippen molar-refractivity contribution in [2.45, 2.75) is 31.5 Å². The van der Waals surface area contributed by atoms with Crippen LogP contribution >= 0.6 is 127 Å². The molecule has 0 amide bonds. The second-order valence-electron chi connectivity index (χ2n) is 10.9. The van der Waals surface area contributed by atoms with E-state index in [-0.39, 0.29) is 26.4 Å². The Hall–Kier alpha value is -0.160. The molecule has 0 aliphatic carbocycles. The molecular weight excluding hydrogens is 1130 g/mol. The van der Waals surface area contributed by atoms with E-state index in [1.54, 1.807) is 0 Å². The summed E-state index contributed by atoms with van der Waals surface area (Å²) in [6.45, 7) is 4.49. The molecule has 6 nitrogen and oxygen atoms in total. The zero-order valence-corrected chi connectivity index (χ0v) is 37.5. The van der Waals surface area contributed by atoms with Crippen molar-refractivity contribution in [3.05, 3.63) is 108 Å². The molecule has 0 saturated heterocycles. The molecule has 4 aromatic carbocycles. The zero-order valence-electron chi connectivity index (χ0n) is 24.8. The van der Waals surface area contributed by atoms with Crippen LogP contribution in [0.25, 0.3) is 0 Å². The maximum atomic E-state index is 10.5. The van der Waals surface area contributed by atoms with Gasteiger partial charge in [-0.25, -0.2) is 0 Å². The molecule has 252 valence electrons. The Labute approximate surface area is 341 Å². The normalized spacial score (nSPS) is 12.9. The van der Waals surface area contributed by atoms with Gasteiger partial charge in [-0.3, -0.25) is 0 Å². The summed E-state index contributed by atoms with van der Waals surface area (Å²) in [6, 6.07) is 19.1. The number of benzene rings is 4. The summed E-state index contributed by atoms with van der Waals surface area (Å²) < 4.78 is 29.9. The van der Waals surface area contributed by atoms with E-state index in [9.17, 15) is 10.2 Å². The van der Waals surface area contributed by atoms with Crippen molar-refractivity contribution < 1.29 is 29.2 Å². The lowest BCUT2D eigenvalue weighted by atomic mass is 9.78. The molecule has 0 fully saturated rings. The summed E-state index contributed by atoms with van der Waals surface area (Å²) >= 11 is 28.4. The maximum Gasteiger partial charge on any atom is 0.147 e. The van der Waals surface area contributed by atoms with E-state index in [1.165, 1.54) is 0 Å². The highest BCUT2D eigenvalue weighted by Gasteiger charge is 2.28. The number of halogens is 8. The Kier molecular flexibility index (Phi) is 15.1. The van der Waals surface area contributed by atoms with Gasteiger partial charge in [-0.05, 0) is 199 Å². The highest BCUT2D eigenvalue weighted by molar-refractivity contribution is 9.13. The number of hydrogen-bond donors (Lipinski definition) is 2. The molecule has 0 heterocycles. The highest BCUT2D eigenvalue weighted by Crippen LogP contribution is 2.44. The van der Waals surface area contributed by atoms with Crippen LogP contribution in [0.3, 0.4) is 0 Å². The van der Waals surface area contributed by atoms with Crippen LogP contribution < -0.4 is 18.9 Å². The summed E-state index contributed by atoms with van der Waals surface area (Å²) in [4.78, 5) is 0. The van der Waals surface area contributed by atoms with Gasteiger partial charge in [0.1, 0.15) is 61.6 Å². The minimum atomic E-state index is -0.842. The molecule has 0 spiro atoms. The fourth-order valence-electron chi connectivity index (χ4n) is 4.26. The molecule has 0 aliphatic heterocycles. The van der Waals surface area contributed by atoms with Crippen molar-refractivity contribution in [1.29, 1.82) is 0 Å². The van der Waals surface area contributed by atoms with Gasteiger partial charge in [-0.15, -0.1) is 0 Å². The Balaban J connectivity index is 1.37. The minimum Gasteiger partial charge on any atom is -0.491 e. The molecule has 0 aliphatic rings. The smallest absolute Gasteiger partial charge is 0.147 e. The van der Waals surface area contributed by atoms with Crippen molar-refractivity contribution in [1.82, 2.24) is 0 Å². The molecule has 0 saturated carbocycles. The lowest BCUT2D eigenvalue weighted by molar-refractivity contribution is 0.0621.